The van der Waals surface area contributed by atoms with Gasteiger partial charge >= 0.3 is 6.03 Å². The van der Waals surface area contributed by atoms with Crippen LogP contribution in [0.4, 0.5) is 4.79 Å². The third kappa shape index (κ3) is 5.63. The molecule has 1 atom stereocenters. The van der Waals surface area contributed by atoms with E-state index in [2.05, 4.69) is 10.6 Å². The number of ether oxygens (including phenoxy) is 1. The number of hydrogen-bond acceptors (Lipinski definition) is 3. The minimum atomic E-state index is -0.391. The molecule has 5 nitrogen and oxygen atoms in total. The number of rotatable bonds is 8. The SMILES string of the molecule is CCOc1ccccc1CNC(=O)NC(C)(CC)CCO. The van der Waals surface area contributed by atoms with Crippen LogP contribution in [-0.4, -0.2) is 29.9 Å². The van der Waals surface area contributed by atoms with Crippen LogP contribution in [0, 0.1) is 0 Å². The highest BCUT2D eigenvalue weighted by Crippen LogP contribution is 2.18. The molecule has 0 aromatic heterocycles. The van der Waals surface area contributed by atoms with Gasteiger partial charge < -0.3 is 20.5 Å². The Morgan fingerprint density at radius 1 is 1.33 bits per heavy atom. The number of aliphatic hydroxyl groups is 1. The Kier molecular flexibility index (Phi) is 7.02. The summed E-state index contributed by atoms with van der Waals surface area (Å²) >= 11 is 0. The van der Waals surface area contributed by atoms with Crippen molar-refractivity contribution in [2.75, 3.05) is 13.2 Å². The molecule has 21 heavy (non-hydrogen) atoms. The van der Waals surface area contributed by atoms with E-state index in [0.29, 0.717) is 19.6 Å². The monoisotopic (exact) mass is 294 g/mol. The van der Waals surface area contributed by atoms with Crippen molar-refractivity contribution in [2.24, 2.45) is 0 Å². The summed E-state index contributed by atoms with van der Waals surface area (Å²) in [6, 6.07) is 7.40. The van der Waals surface area contributed by atoms with E-state index in [4.69, 9.17) is 9.84 Å². The molecule has 118 valence electrons. The average molecular weight is 294 g/mol. The zero-order valence-electron chi connectivity index (χ0n) is 13.1. The van der Waals surface area contributed by atoms with Gasteiger partial charge in [-0.1, -0.05) is 25.1 Å². The lowest BCUT2D eigenvalue weighted by molar-refractivity contribution is 0.200. The van der Waals surface area contributed by atoms with E-state index in [1.165, 1.54) is 0 Å². The van der Waals surface area contributed by atoms with Gasteiger partial charge in [-0.25, -0.2) is 4.79 Å². The molecule has 0 heterocycles. The van der Waals surface area contributed by atoms with Gasteiger partial charge in [0.1, 0.15) is 5.75 Å². The van der Waals surface area contributed by atoms with Crippen LogP contribution >= 0.6 is 0 Å². The lowest BCUT2D eigenvalue weighted by Gasteiger charge is -2.29. The Morgan fingerprint density at radius 2 is 2.05 bits per heavy atom. The van der Waals surface area contributed by atoms with Gasteiger partial charge in [-0.15, -0.1) is 0 Å². The molecule has 0 fully saturated rings. The van der Waals surface area contributed by atoms with E-state index in [1.54, 1.807) is 0 Å². The summed E-state index contributed by atoms with van der Waals surface area (Å²) in [6.45, 7) is 6.89. The first-order chi connectivity index (χ1) is 10.0. The lowest BCUT2D eigenvalue weighted by Crippen LogP contribution is -2.50. The molecule has 1 aromatic carbocycles. The Bertz CT molecular complexity index is 451. The molecule has 0 saturated heterocycles. The highest BCUT2D eigenvalue weighted by molar-refractivity contribution is 5.74. The second-order valence-corrected chi connectivity index (χ2v) is 5.24. The molecule has 0 aliphatic heterocycles. The zero-order chi connectivity index (χ0) is 15.7. The first-order valence-corrected chi connectivity index (χ1v) is 7.42. The zero-order valence-corrected chi connectivity index (χ0v) is 13.1. The smallest absolute Gasteiger partial charge is 0.315 e. The van der Waals surface area contributed by atoms with Gasteiger partial charge in [0.2, 0.25) is 0 Å². The molecule has 0 bridgehead atoms. The van der Waals surface area contributed by atoms with Crippen LogP contribution in [0.5, 0.6) is 5.75 Å². The van der Waals surface area contributed by atoms with E-state index in [-0.39, 0.29) is 12.6 Å². The van der Waals surface area contributed by atoms with E-state index in [0.717, 1.165) is 17.7 Å². The first kappa shape index (κ1) is 17.3. The molecule has 1 rings (SSSR count). The number of nitrogens with one attached hydrogen (secondary N) is 2. The van der Waals surface area contributed by atoms with Crippen LogP contribution in [0.15, 0.2) is 24.3 Å². The second-order valence-electron chi connectivity index (χ2n) is 5.24. The number of hydrogen-bond donors (Lipinski definition) is 3. The molecule has 0 aliphatic rings. The van der Waals surface area contributed by atoms with Gasteiger partial charge in [0, 0.05) is 24.3 Å². The molecule has 1 aromatic rings. The summed E-state index contributed by atoms with van der Waals surface area (Å²) in [4.78, 5) is 12.0. The van der Waals surface area contributed by atoms with Crippen LogP contribution in [0.3, 0.4) is 0 Å². The van der Waals surface area contributed by atoms with Crippen molar-refractivity contribution in [3.8, 4) is 5.75 Å². The quantitative estimate of drug-likeness (QED) is 0.689. The Balaban J connectivity index is 2.57. The minimum absolute atomic E-state index is 0.0534. The molecule has 0 spiro atoms. The molecule has 0 radical (unpaired) electrons. The van der Waals surface area contributed by atoms with Crippen LogP contribution in [0.25, 0.3) is 0 Å². The lowest BCUT2D eigenvalue weighted by atomic mass is 9.95. The fourth-order valence-corrected chi connectivity index (χ4v) is 2.01. The normalized spacial score (nSPS) is 13.3. The third-order valence-corrected chi connectivity index (χ3v) is 3.57. The van der Waals surface area contributed by atoms with Gasteiger partial charge in [0.15, 0.2) is 0 Å². The van der Waals surface area contributed by atoms with Crippen LogP contribution in [0.2, 0.25) is 0 Å². The van der Waals surface area contributed by atoms with E-state index in [1.807, 2.05) is 45.0 Å². The van der Waals surface area contributed by atoms with Crippen molar-refractivity contribution >= 4 is 6.03 Å². The highest BCUT2D eigenvalue weighted by atomic mass is 16.5. The van der Waals surface area contributed by atoms with Gasteiger partial charge in [-0.2, -0.15) is 0 Å². The third-order valence-electron chi connectivity index (χ3n) is 3.57. The topological polar surface area (TPSA) is 70.6 Å². The summed E-state index contributed by atoms with van der Waals surface area (Å²) in [6.07, 6.45) is 1.29. The number of benzene rings is 1. The summed E-state index contributed by atoms with van der Waals surface area (Å²) in [5.74, 6) is 0.786. The Hall–Kier alpha value is -1.75. The fourth-order valence-electron chi connectivity index (χ4n) is 2.01. The predicted molar refractivity (Wildman–Crippen MR) is 83.4 cm³/mol. The number of carbonyl (C=O) groups is 1. The first-order valence-electron chi connectivity index (χ1n) is 7.42. The maximum absolute atomic E-state index is 12.0. The van der Waals surface area contributed by atoms with Crippen molar-refractivity contribution in [3.05, 3.63) is 29.8 Å². The maximum Gasteiger partial charge on any atom is 0.315 e. The van der Waals surface area contributed by atoms with Crippen LogP contribution in [-0.2, 0) is 6.54 Å². The molecule has 3 N–H and O–H groups in total. The molecule has 1 unspecified atom stereocenters. The van der Waals surface area contributed by atoms with Gasteiger partial charge in [-0.3, -0.25) is 0 Å². The van der Waals surface area contributed by atoms with Crippen molar-refractivity contribution in [1.29, 1.82) is 0 Å². The van der Waals surface area contributed by atoms with Gasteiger partial charge in [0.25, 0.3) is 0 Å². The molecular formula is C16H26N2O3. The molecular weight excluding hydrogens is 268 g/mol. The number of amides is 2. The summed E-state index contributed by atoms with van der Waals surface area (Å²) < 4.78 is 5.53. The van der Waals surface area contributed by atoms with E-state index >= 15 is 0 Å². The van der Waals surface area contributed by atoms with E-state index < -0.39 is 5.54 Å². The summed E-state index contributed by atoms with van der Waals surface area (Å²) in [5, 5.41) is 14.8. The minimum Gasteiger partial charge on any atom is -0.494 e. The van der Waals surface area contributed by atoms with Crippen LogP contribution in [0.1, 0.15) is 39.2 Å². The summed E-state index contributed by atoms with van der Waals surface area (Å²) in [5.41, 5.74) is 0.549. The second kappa shape index (κ2) is 8.52. The number of aliphatic hydroxyl groups excluding tert-OH is 1. The van der Waals surface area contributed by atoms with Crippen molar-refractivity contribution in [3.63, 3.8) is 0 Å². The fraction of sp³-hybridized carbons (Fsp3) is 0.562. The number of para-hydroxylation sites is 1. The predicted octanol–water partition coefficient (Wildman–Crippen LogP) is 2.44. The molecule has 5 heteroatoms. The molecule has 0 saturated carbocycles. The average Bonchev–Trinajstić information content (AvgIpc) is 2.47. The molecule has 2 amide bonds. The number of urea groups is 1. The standard InChI is InChI=1S/C16H26N2O3/c1-4-16(3,10-11-19)18-15(20)17-12-13-8-6-7-9-14(13)21-5-2/h6-9,19H,4-5,10-12H2,1-3H3,(H2,17,18,20). The maximum atomic E-state index is 12.0. The van der Waals surface area contributed by atoms with Crippen molar-refractivity contribution < 1.29 is 14.6 Å². The highest BCUT2D eigenvalue weighted by Gasteiger charge is 2.23. The number of carbonyl (C=O) groups excluding carboxylic acids is 1. The van der Waals surface area contributed by atoms with Gasteiger partial charge in [-0.05, 0) is 32.8 Å². The largest absolute Gasteiger partial charge is 0.494 e. The van der Waals surface area contributed by atoms with E-state index in [9.17, 15) is 4.79 Å². The Morgan fingerprint density at radius 3 is 2.67 bits per heavy atom. The Labute approximate surface area is 126 Å². The van der Waals surface area contributed by atoms with Gasteiger partial charge in [0.05, 0.1) is 6.61 Å². The molecule has 0 aliphatic carbocycles. The van der Waals surface area contributed by atoms with Crippen LogP contribution < -0.4 is 15.4 Å². The summed E-state index contributed by atoms with van der Waals surface area (Å²) in [7, 11) is 0. The van der Waals surface area contributed by atoms with Crippen molar-refractivity contribution in [1.82, 2.24) is 10.6 Å². The van der Waals surface area contributed by atoms with Crippen molar-refractivity contribution in [2.45, 2.75) is 45.7 Å².